The number of aromatic nitrogens is 1. The Kier molecular flexibility index (Phi) is 4.59. The minimum absolute atomic E-state index is 0.183. The molecule has 3 aromatic rings. The van der Waals surface area contributed by atoms with Gasteiger partial charge in [0.1, 0.15) is 6.54 Å². The summed E-state index contributed by atoms with van der Waals surface area (Å²) < 4.78 is 2.50. The Morgan fingerprint density at radius 1 is 1.11 bits per heavy atom. The number of halogens is 1. The van der Waals surface area contributed by atoms with Crippen LogP contribution in [0.5, 0.6) is 0 Å². The van der Waals surface area contributed by atoms with E-state index in [9.17, 15) is 14.4 Å². The van der Waals surface area contributed by atoms with Crippen LogP contribution in [0.4, 0.5) is 0 Å². The minimum atomic E-state index is -0.622. The van der Waals surface area contributed by atoms with E-state index in [-0.39, 0.29) is 17.7 Å². The zero-order chi connectivity index (χ0) is 19.8. The van der Waals surface area contributed by atoms with Gasteiger partial charge in [0.05, 0.1) is 32.9 Å². The Hall–Kier alpha value is -3.21. The van der Waals surface area contributed by atoms with Gasteiger partial charge < -0.3 is 4.57 Å². The Balaban J connectivity index is 1.69. The van der Waals surface area contributed by atoms with E-state index in [0.29, 0.717) is 15.3 Å². The van der Waals surface area contributed by atoms with Gasteiger partial charge in [-0.1, -0.05) is 47.1 Å². The lowest BCUT2D eigenvalue weighted by atomic mass is 10.1. The number of amides is 3. The smallest absolute Gasteiger partial charge is 0.268 e. The predicted molar refractivity (Wildman–Crippen MR) is 106 cm³/mol. The van der Waals surface area contributed by atoms with Gasteiger partial charge in [0.2, 0.25) is 0 Å². The van der Waals surface area contributed by atoms with E-state index in [0.717, 1.165) is 9.60 Å². The van der Waals surface area contributed by atoms with Crippen molar-refractivity contribution in [3.8, 4) is 12.3 Å². The lowest BCUT2D eigenvalue weighted by Gasteiger charge is -2.10. The molecule has 1 aromatic heterocycles. The molecule has 2 heterocycles. The van der Waals surface area contributed by atoms with Crippen LogP contribution in [0.25, 0.3) is 10.2 Å². The van der Waals surface area contributed by atoms with Crippen molar-refractivity contribution < 1.29 is 14.4 Å². The summed E-state index contributed by atoms with van der Waals surface area (Å²) in [6, 6.07) is 11.8. The van der Waals surface area contributed by atoms with E-state index in [4.69, 9.17) is 18.0 Å². The molecule has 0 spiro atoms. The quantitative estimate of drug-likeness (QED) is 0.493. The lowest BCUT2D eigenvalue weighted by Crippen LogP contribution is -2.35. The summed E-state index contributed by atoms with van der Waals surface area (Å²) in [5.41, 5.74) is 1.27. The first-order chi connectivity index (χ1) is 13.5. The Labute approximate surface area is 168 Å². The third-order valence-electron chi connectivity index (χ3n) is 4.29. The highest BCUT2D eigenvalue weighted by Gasteiger charge is 2.36. The number of terminal acetylenes is 1. The summed E-state index contributed by atoms with van der Waals surface area (Å²) in [7, 11) is 0. The second-order valence-corrected chi connectivity index (χ2v) is 7.43. The Bertz CT molecular complexity index is 1230. The van der Waals surface area contributed by atoms with E-state index in [1.807, 2.05) is 6.07 Å². The fourth-order valence-corrected chi connectivity index (χ4v) is 4.48. The number of carbonyl (C=O) groups is 3. The molecule has 28 heavy (non-hydrogen) atoms. The molecule has 3 amide bonds. The summed E-state index contributed by atoms with van der Waals surface area (Å²) in [4.78, 5) is 42.7. The largest absolute Gasteiger partial charge is 0.303 e. The molecule has 0 radical (unpaired) electrons. The minimum Gasteiger partial charge on any atom is -0.303 e. The fourth-order valence-electron chi connectivity index (χ4n) is 3.07. The standard InChI is InChI=1S/C20H12ClN3O3S/c1-2-10-23-17-14(21)8-5-9-15(17)28-20(23)22-16(25)11-24-18(26)12-6-3-4-7-13(12)19(24)27/h1,3-9H,10-11H2. The van der Waals surface area contributed by atoms with E-state index >= 15 is 0 Å². The third-order valence-corrected chi connectivity index (χ3v) is 5.64. The van der Waals surface area contributed by atoms with Crippen LogP contribution in [0.2, 0.25) is 5.02 Å². The molecule has 8 heteroatoms. The molecule has 0 atom stereocenters. The van der Waals surface area contributed by atoms with Crippen molar-refractivity contribution in [2.45, 2.75) is 6.54 Å². The molecule has 138 valence electrons. The van der Waals surface area contributed by atoms with Gasteiger partial charge in [-0.3, -0.25) is 19.3 Å². The van der Waals surface area contributed by atoms with Gasteiger partial charge in [-0.15, -0.1) is 6.42 Å². The first kappa shape index (κ1) is 18.2. The number of fused-ring (bicyclic) bond motifs is 2. The van der Waals surface area contributed by atoms with Crippen molar-refractivity contribution in [3.63, 3.8) is 0 Å². The molecule has 0 saturated heterocycles. The third kappa shape index (κ3) is 2.93. The highest BCUT2D eigenvalue weighted by atomic mass is 35.5. The zero-order valence-electron chi connectivity index (χ0n) is 14.4. The van der Waals surface area contributed by atoms with E-state index < -0.39 is 24.3 Å². The van der Waals surface area contributed by atoms with E-state index in [1.54, 1.807) is 41.0 Å². The summed E-state index contributed by atoms with van der Waals surface area (Å²) >= 11 is 7.53. The van der Waals surface area contributed by atoms with E-state index in [1.165, 1.54) is 11.3 Å². The molecule has 0 fully saturated rings. The van der Waals surface area contributed by atoms with Crippen LogP contribution in [0, 0.1) is 12.3 Å². The van der Waals surface area contributed by atoms with Gasteiger partial charge in [-0.25, -0.2) is 0 Å². The summed E-state index contributed by atoms with van der Waals surface area (Å²) in [6.07, 6.45) is 5.44. The van der Waals surface area contributed by atoms with Gasteiger partial charge in [-0.2, -0.15) is 4.99 Å². The second-order valence-electron chi connectivity index (χ2n) is 6.01. The molecule has 0 saturated carbocycles. The van der Waals surface area contributed by atoms with Gasteiger partial charge in [0, 0.05) is 0 Å². The summed E-state index contributed by atoms with van der Waals surface area (Å²) in [6.45, 7) is -0.257. The fraction of sp³-hybridized carbons (Fsp3) is 0.100. The molecule has 1 aliphatic heterocycles. The molecule has 0 unspecified atom stereocenters. The number of hydrogen-bond donors (Lipinski definition) is 0. The molecule has 6 nitrogen and oxygen atoms in total. The predicted octanol–water partition coefficient (Wildman–Crippen LogP) is 2.71. The highest BCUT2D eigenvalue weighted by molar-refractivity contribution is 7.16. The average molecular weight is 410 g/mol. The molecule has 4 rings (SSSR count). The first-order valence-corrected chi connectivity index (χ1v) is 9.45. The molecular formula is C20H12ClN3O3S. The molecular weight excluding hydrogens is 398 g/mol. The van der Waals surface area contributed by atoms with Gasteiger partial charge in [0.15, 0.2) is 4.80 Å². The molecule has 0 aliphatic carbocycles. The van der Waals surface area contributed by atoms with Crippen molar-refractivity contribution in [2.75, 3.05) is 6.54 Å². The number of carbonyl (C=O) groups excluding carboxylic acids is 3. The number of rotatable bonds is 3. The van der Waals surface area contributed by atoms with E-state index in [2.05, 4.69) is 10.9 Å². The van der Waals surface area contributed by atoms with Crippen LogP contribution in [0.1, 0.15) is 20.7 Å². The van der Waals surface area contributed by atoms with Crippen molar-refractivity contribution >= 4 is 50.9 Å². The van der Waals surface area contributed by atoms with Crippen LogP contribution >= 0.6 is 22.9 Å². The molecule has 2 aromatic carbocycles. The van der Waals surface area contributed by atoms with Gasteiger partial charge >= 0.3 is 0 Å². The van der Waals surface area contributed by atoms with Crippen molar-refractivity contribution in [1.82, 2.24) is 9.47 Å². The zero-order valence-corrected chi connectivity index (χ0v) is 16.0. The summed E-state index contributed by atoms with van der Waals surface area (Å²) in [5.74, 6) is 0.901. The number of nitrogens with zero attached hydrogens (tertiary/aromatic N) is 3. The van der Waals surface area contributed by atoms with Crippen molar-refractivity contribution in [2.24, 2.45) is 4.99 Å². The van der Waals surface area contributed by atoms with Gasteiger partial charge in [0.25, 0.3) is 17.7 Å². The van der Waals surface area contributed by atoms with Crippen molar-refractivity contribution in [3.05, 3.63) is 63.4 Å². The van der Waals surface area contributed by atoms with Gasteiger partial charge in [-0.05, 0) is 24.3 Å². The maximum Gasteiger partial charge on any atom is 0.268 e. The number of thiazole rings is 1. The van der Waals surface area contributed by atoms with Crippen LogP contribution < -0.4 is 4.80 Å². The number of para-hydroxylation sites is 1. The Morgan fingerprint density at radius 3 is 2.43 bits per heavy atom. The lowest BCUT2D eigenvalue weighted by molar-refractivity contribution is -0.118. The van der Waals surface area contributed by atoms with Crippen LogP contribution in [-0.4, -0.2) is 33.7 Å². The topological polar surface area (TPSA) is 71.7 Å². The summed E-state index contributed by atoms with van der Waals surface area (Å²) in [5, 5.41) is 0.498. The highest BCUT2D eigenvalue weighted by Crippen LogP contribution is 2.25. The molecule has 1 aliphatic rings. The Morgan fingerprint density at radius 2 is 1.79 bits per heavy atom. The normalized spacial score (nSPS) is 13.9. The molecule has 0 bridgehead atoms. The monoisotopic (exact) mass is 409 g/mol. The second kappa shape index (κ2) is 7.08. The first-order valence-electron chi connectivity index (χ1n) is 8.25. The van der Waals surface area contributed by atoms with Crippen LogP contribution in [0.3, 0.4) is 0 Å². The number of imide groups is 1. The molecule has 0 N–H and O–H groups in total. The van der Waals surface area contributed by atoms with Crippen LogP contribution in [0.15, 0.2) is 47.5 Å². The van der Waals surface area contributed by atoms with Crippen LogP contribution in [-0.2, 0) is 11.3 Å². The maximum absolute atomic E-state index is 12.5. The maximum atomic E-state index is 12.5. The average Bonchev–Trinajstić information content (AvgIpc) is 3.14. The number of hydrogen-bond acceptors (Lipinski definition) is 4. The van der Waals surface area contributed by atoms with Crippen molar-refractivity contribution in [1.29, 1.82) is 0 Å². The SMILES string of the molecule is C#CCn1c(=NC(=O)CN2C(=O)c3ccccc3C2=O)sc2cccc(Cl)c21. The number of benzene rings is 2.